The summed E-state index contributed by atoms with van der Waals surface area (Å²) in [6.45, 7) is 8.00. The predicted molar refractivity (Wildman–Crippen MR) is 86.7 cm³/mol. The summed E-state index contributed by atoms with van der Waals surface area (Å²) < 4.78 is 0. The van der Waals surface area contributed by atoms with Crippen molar-refractivity contribution in [2.45, 2.75) is 58.9 Å². The normalized spacial score (nSPS) is 18.6. The van der Waals surface area contributed by atoms with Crippen LogP contribution in [0, 0.1) is 6.92 Å². The Kier molecular flexibility index (Phi) is 5.59. The average Bonchev–Trinajstić information content (AvgIpc) is 2.51. The molecule has 1 saturated heterocycles. The summed E-state index contributed by atoms with van der Waals surface area (Å²) in [4.78, 5) is 19.3. The molecule has 1 aromatic heterocycles. The molecule has 0 aromatic carbocycles. The molecule has 1 unspecified atom stereocenters. The maximum Gasteiger partial charge on any atom is 0.254 e. The summed E-state index contributed by atoms with van der Waals surface area (Å²) in [7, 11) is 0. The number of carbonyl (C=O) groups excluding carboxylic acids is 1. The minimum Gasteiger partial charge on any atom is -0.370 e. The standard InChI is InChI=1S/C17H27N3O/c1-4-9-18-16-12-14(11-13(3)19-16)17(21)20-10-7-6-8-15(20)5-2/h11-12,15H,4-10H2,1-3H3,(H,18,19). The Hall–Kier alpha value is -1.58. The number of aryl methyl sites for hydroxylation is 1. The van der Waals surface area contributed by atoms with Crippen molar-refractivity contribution in [2.75, 3.05) is 18.4 Å². The number of hydrogen-bond donors (Lipinski definition) is 1. The van der Waals surface area contributed by atoms with Gasteiger partial charge < -0.3 is 10.2 Å². The Morgan fingerprint density at radius 3 is 2.90 bits per heavy atom. The molecule has 2 rings (SSSR count). The van der Waals surface area contributed by atoms with Crippen LogP contribution in [0.25, 0.3) is 0 Å². The van der Waals surface area contributed by atoms with Crippen molar-refractivity contribution in [1.82, 2.24) is 9.88 Å². The van der Waals surface area contributed by atoms with Gasteiger partial charge >= 0.3 is 0 Å². The molecule has 1 amide bonds. The van der Waals surface area contributed by atoms with Gasteiger partial charge in [-0.3, -0.25) is 4.79 Å². The summed E-state index contributed by atoms with van der Waals surface area (Å²) >= 11 is 0. The molecular weight excluding hydrogens is 262 g/mol. The highest BCUT2D eigenvalue weighted by atomic mass is 16.2. The quantitative estimate of drug-likeness (QED) is 0.900. The van der Waals surface area contributed by atoms with E-state index in [1.165, 1.54) is 6.42 Å². The van der Waals surface area contributed by atoms with Gasteiger partial charge in [-0.15, -0.1) is 0 Å². The lowest BCUT2D eigenvalue weighted by atomic mass is 9.99. The van der Waals surface area contributed by atoms with Crippen molar-refractivity contribution in [3.63, 3.8) is 0 Å². The Morgan fingerprint density at radius 2 is 2.19 bits per heavy atom. The summed E-state index contributed by atoms with van der Waals surface area (Å²) in [5.74, 6) is 0.969. The van der Waals surface area contributed by atoms with Gasteiger partial charge in [0.05, 0.1) is 0 Å². The van der Waals surface area contributed by atoms with E-state index in [1.807, 2.05) is 19.1 Å². The van der Waals surface area contributed by atoms with E-state index in [0.29, 0.717) is 6.04 Å². The van der Waals surface area contributed by atoms with Crippen molar-refractivity contribution < 1.29 is 4.79 Å². The number of carbonyl (C=O) groups is 1. The second-order valence-corrected chi connectivity index (χ2v) is 5.87. The first-order valence-electron chi connectivity index (χ1n) is 8.19. The van der Waals surface area contributed by atoms with Crippen LogP contribution < -0.4 is 5.32 Å². The van der Waals surface area contributed by atoms with Crippen LogP contribution in [0.3, 0.4) is 0 Å². The van der Waals surface area contributed by atoms with Gasteiger partial charge in [0.1, 0.15) is 5.82 Å². The molecule has 2 heterocycles. The van der Waals surface area contributed by atoms with Crippen LogP contribution in [0.4, 0.5) is 5.82 Å². The van der Waals surface area contributed by atoms with E-state index in [-0.39, 0.29) is 5.91 Å². The van der Waals surface area contributed by atoms with Crippen LogP contribution in [0.5, 0.6) is 0 Å². The zero-order chi connectivity index (χ0) is 15.2. The third-order valence-electron chi connectivity index (χ3n) is 4.12. The van der Waals surface area contributed by atoms with E-state index in [2.05, 4.69) is 29.0 Å². The molecular formula is C17H27N3O. The van der Waals surface area contributed by atoms with Crippen LogP contribution in [0.2, 0.25) is 0 Å². The lowest BCUT2D eigenvalue weighted by molar-refractivity contribution is 0.0608. The van der Waals surface area contributed by atoms with Crippen molar-refractivity contribution in [1.29, 1.82) is 0 Å². The first-order chi connectivity index (χ1) is 10.2. The number of nitrogens with one attached hydrogen (secondary N) is 1. The Morgan fingerprint density at radius 1 is 1.38 bits per heavy atom. The lowest BCUT2D eigenvalue weighted by Gasteiger charge is -2.35. The number of pyridine rings is 1. The number of anilines is 1. The van der Waals surface area contributed by atoms with Crippen LogP contribution in [0.15, 0.2) is 12.1 Å². The topological polar surface area (TPSA) is 45.2 Å². The van der Waals surface area contributed by atoms with Crippen LogP contribution in [-0.4, -0.2) is 34.9 Å². The highest BCUT2D eigenvalue weighted by Gasteiger charge is 2.26. The fourth-order valence-electron chi connectivity index (χ4n) is 2.99. The summed E-state index contributed by atoms with van der Waals surface area (Å²) in [5, 5.41) is 3.28. The molecule has 1 atom stereocenters. The number of piperidine rings is 1. The molecule has 0 saturated carbocycles. The lowest BCUT2D eigenvalue weighted by Crippen LogP contribution is -2.43. The number of aromatic nitrogens is 1. The fraction of sp³-hybridized carbons (Fsp3) is 0.647. The highest BCUT2D eigenvalue weighted by Crippen LogP contribution is 2.22. The minimum atomic E-state index is 0.159. The van der Waals surface area contributed by atoms with E-state index in [0.717, 1.165) is 55.8 Å². The van der Waals surface area contributed by atoms with E-state index >= 15 is 0 Å². The first kappa shape index (κ1) is 15.8. The Balaban J connectivity index is 2.19. The molecule has 116 valence electrons. The van der Waals surface area contributed by atoms with Gasteiger partial charge in [-0.25, -0.2) is 4.98 Å². The molecule has 1 aromatic rings. The van der Waals surface area contributed by atoms with Crippen molar-refractivity contribution in [3.05, 3.63) is 23.4 Å². The zero-order valence-corrected chi connectivity index (χ0v) is 13.5. The van der Waals surface area contributed by atoms with Crippen molar-refractivity contribution in [3.8, 4) is 0 Å². The van der Waals surface area contributed by atoms with Gasteiger partial charge in [-0.2, -0.15) is 0 Å². The molecule has 1 fully saturated rings. The largest absolute Gasteiger partial charge is 0.370 e. The monoisotopic (exact) mass is 289 g/mol. The summed E-state index contributed by atoms with van der Waals surface area (Å²) in [5.41, 5.74) is 1.66. The fourth-order valence-corrected chi connectivity index (χ4v) is 2.99. The SMILES string of the molecule is CCCNc1cc(C(=O)N2CCCCC2CC)cc(C)n1. The number of amides is 1. The Bertz CT molecular complexity index is 487. The van der Waals surface area contributed by atoms with Gasteiger partial charge in [-0.1, -0.05) is 13.8 Å². The molecule has 0 aliphatic carbocycles. The Labute approximate surface area is 127 Å². The molecule has 0 bridgehead atoms. The molecule has 4 nitrogen and oxygen atoms in total. The second kappa shape index (κ2) is 7.43. The molecule has 4 heteroatoms. The maximum atomic E-state index is 12.8. The molecule has 0 radical (unpaired) electrons. The van der Waals surface area contributed by atoms with Crippen LogP contribution in [-0.2, 0) is 0 Å². The maximum absolute atomic E-state index is 12.8. The molecule has 1 aliphatic heterocycles. The average molecular weight is 289 g/mol. The molecule has 1 aliphatic rings. The van der Waals surface area contributed by atoms with Gasteiger partial charge in [-0.05, 0) is 51.2 Å². The van der Waals surface area contributed by atoms with E-state index in [9.17, 15) is 4.79 Å². The van der Waals surface area contributed by atoms with Gasteiger partial charge in [0.2, 0.25) is 0 Å². The predicted octanol–water partition coefficient (Wildman–Crippen LogP) is 3.62. The van der Waals surface area contributed by atoms with Crippen LogP contribution >= 0.6 is 0 Å². The first-order valence-corrected chi connectivity index (χ1v) is 8.19. The van der Waals surface area contributed by atoms with Gasteiger partial charge in [0.25, 0.3) is 5.91 Å². The number of rotatable bonds is 5. The number of nitrogens with zero attached hydrogens (tertiary/aromatic N) is 2. The molecule has 0 spiro atoms. The third-order valence-corrected chi connectivity index (χ3v) is 4.12. The third kappa shape index (κ3) is 3.96. The van der Waals surface area contributed by atoms with Crippen molar-refractivity contribution >= 4 is 11.7 Å². The molecule has 21 heavy (non-hydrogen) atoms. The number of hydrogen-bond acceptors (Lipinski definition) is 3. The summed E-state index contributed by atoms with van der Waals surface area (Å²) in [6, 6.07) is 4.19. The van der Waals surface area contributed by atoms with Gasteiger partial charge in [0.15, 0.2) is 0 Å². The zero-order valence-electron chi connectivity index (χ0n) is 13.5. The minimum absolute atomic E-state index is 0.159. The van der Waals surface area contributed by atoms with Crippen molar-refractivity contribution in [2.24, 2.45) is 0 Å². The number of likely N-dealkylation sites (tertiary alicyclic amines) is 1. The summed E-state index contributed by atoms with van der Waals surface area (Å²) in [6.07, 6.45) is 5.57. The van der Waals surface area contributed by atoms with Crippen LogP contribution in [0.1, 0.15) is 62.0 Å². The highest BCUT2D eigenvalue weighted by molar-refractivity contribution is 5.95. The van der Waals surface area contributed by atoms with Gasteiger partial charge in [0, 0.05) is 30.4 Å². The van der Waals surface area contributed by atoms with E-state index < -0.39 is 0 Å². The van der Waals surface area contributed by atoms with E-state index in [4.69, 9.17) is 0 Å². The smallest absolute Gasteiger partial charge is 0.254 e. The second-order valence-electron chi connectivity index (χ2n) is 5.87. The molecule has 1 N–H and O–H groups in total. The van der Waals surface area contributed by atoms with E-state index in [1.54, 1.807) is 0 Å².